The fourth-order valence-corrected chi connectivity index (χ4v) is 1.40. The highest BCUT2D eigenvalue weighted by atomic mass is 16.2. The third-order valence-electron chi connectivity index (χ3n) is 2.40. The summed E-state index contributed by atoms with van der Waals surface area (Å²) in [6.07, 6.45) is 1.46. The molecule has 0 spiro atoms. The molecule has 0 aliphatic rings. The number of nitrogens with one attached hydrogen (secondary N) is 3. The fraction of sp³-hybridized carbons (Fsp3) is 0.455. The standard InChI is InChI=1S/C11H19N7O2/c1-6(2)9-16-5-7(18-13)8(17-9)10(19)14-3-4-15-11(12)20/h5-6,18H,3-4,13H2,1-2H3,(H,14,19)(H3,12,15,20). The second-order valence-corrected chi connectivity index (χ2v) is 4.34. The first-order valence-electron chi connectivity index (χ1n) is 6.10. The molecule has 3 amide bonds. The molecule has 0 unspecified atom stereocenters. The summed E-state index contributed by atoms with van der Waals surface area (Å²) in [5, 5.41) is 4.96. The number of urea groups is 1. The summed E-state index contributed by atoms with van der Waals surface area (Å²) in [5.41, 5.74) is 7.77. The maximum absolute atomic E-state index is 12.0. The molecule has 0 saturated carbocycles. The minimum Gasteiger partial charge on any atom is -0.352 e. The highest BCUT2D eigenvalue weighted by Crippen LogP contribution is 2.15. The topological polar surface area (TPSA) is 148 Å². The molecular weight excluding hydrogens is 262 g/mol. The van der Waals surface area contributed by atoms with Gasteiger partial charge in [-0.3, -0.25) is 10.6 Å². The first-order chi connectivity index (χ1) is 9.45. The number of aromatic nitrogens is 2. The number of carbonyl (C=O) groups excluding carboxylic acids is 2. The lowest BCUT2D eigenvalue weighted by atomic mass is 10.2. The van der Waals surface area contributed by atoms with Gasteiger partial charge in [-0.05, 0) is 0 Å². The van der Waals surface area contributed by atoms with Gasteiger partial charge in [0.25, 0.3) is 5.91 Å². The maximum Gasteiger partial charge on any atom is 0.312 e. The highest BCUT2D eigenvalue weighted by Gasteiger charge is 2.15. The fourth-order valence-electron chi connectivity index (χ4n) is 1.40. The van der Waals surface area contributed by atoms with E-state index >= 15 is 0 Å². The van der Waals surface area contributed by atoms with Crippen LogP contribution in [0.1, 0.15) is 36.1 Å². The average molecular weight is 281 g/mol. The summed E-state index contributed by atoms with van der Waals surface area (Å²) >= 11 is 0. The van der Waals surface area contributed by atoms with Gasteiger partial charge in [-0.15, -0.1) is 0 Å². The van der Waals surface area contributed by atoms with Crippen molar-refractivity contribution in [3.05, 3.63) is 17.7 Å². The van der Waals surface area contributed by atoms with Gasteiger partial charge in [0.15, 0.2) is 5.69 Å². The quantitative estimate of drug-likeness (QED) is 0.264. The van der Waals surface area contributed by atoms with E-state index in [0.717, 1.165) is 0 Å². The second kappa shape index (κ2) is 7.24. The zero-order chi connectivity index (χ0) is 15.1. The molecule has 7 N–H and O–H groups in total. The molecular formula is C11H19N7O2. The van der Waals surface area contributed by atoms with Crippen LogP contribution in [0.5, 0.6) is 0 Å². The Morgan fingerprint density at radius 2 is 1.95 bits per heavy atom. The number of hydrazine groups is 1. The predicted molar refractivity (Wildman–Crippen MR) is 73.9 cm³/mol. The lowest BCUT2D eigenvalue weighted by Crippen LogP contribution is -2.37. The number of amides is 3. The largest absolute Gasteiger partial charge is 0.352 e. The SMILES string of the molecule is CC(C)c1ncc(NN)c(C(=O)NCCNC(N)=O)n1. The summed E-state index contributed by atoms with van der Waals surface area (Å²) in [6.45, 7) is 4.30. The number of nitrogen functional groups attached to an aromatic ring is 1. The number of primary amides is 1. The van der Waals surface area contributed by atoms with Crippen LogP contribution in [0.3, 0.4) is 0 Å². The molecule has 0 saturated heterocycles. The van der Waals surface area contributed by atoms with Crippen molar-refractivity contribution in [3.63, 3.8) is 0 Å². The van der Waals surface area contributed by atoms with Gasteiger partial charge in [-0.1, -0.05) is 13.8 Å². The molecule has 0 aromatic carbocycles. The third-order valence-corrected chi connectivity index (χ3v) is 2.40. The van der Waals surface area contributed by atoms with E-state index < -0.39 is 11.9 Å². The Morgan fingerprint density at radius 3 is 2.50 bits per heavy atom. The van der Waals surface area contributed by atoms with Crippen LogP contribution in [-0.2, 0) is 0 Å². The Hall–Kier alpha value is -2.42. The Morgan fingerprint density at radius 1 is 1.30 bits per heavy atom. The lowest BCUT2D eigenvalue weighted by Gasteiger charge is -2.11. The van der Waals surface area contributed by atoms with Gasteiger partial charge in [-0.25, -0.2) is 14.8 Å². The summed E-state index contributed by atoms with van der Waals surface area (Å²) in [4.78, 5) is 30.8. The number of hydrogen-bond acceptors (Lipinski definition) is 6. The molecule has 1 aromatic heterocycles. The van der Waals surface area contributed by atoms with Gasteiger partial charge in [-0.2, -0.15) is 0 Å². The number of nitrogens with two attached hydrogens (primary N) is 2. The minimum atomic E-state index is -0.646. The van der Waals surface area contributed by atoms with E-state index in [1.54, 1.807) is 0 Å². The number of hydrogen-bond donors (Lipinski definition) is 5. The van der Waals surface area contributed by atoms with E-state index in [9.17, 15) is 9.59 Å². The molecule has 0 aliphatic carbocycles. The van der Waals surface area contributed by atoms with Crippen LogP contribution in [0.15, 0.2) is 6.20 Å². The number of rotatable bonds is 6. The summed E-state index contributed by atoms with van der Waals surface area (Å²) < 4.78 is 0. The van der Waals surface area contributed by atoms with Gasteiger partial charge in [0, 0.05) is 19.0 Å². The van der Waals surface area contributed by atoms with E-state index in [4.69, 9.17) is 11.6 Å². The van der Waals surface area contributed by atoms with Crippen LogP contribution in [0, 0.1) is 0 Å². The Balaban J connectivity index is 2.74. The smallest absolute Gasteiger partial charge is 0.312 e. The first kappa shape index (κ1) is 15.6. The van der Waals surface area contributed by atoms with Crippen LogP contribution >= 0.6 is 0 Å². The zero-order valence-electron chi connectivity index (χ0n) is 11.4. The van der Waals surface area contributed by atoms with Crippen molar-refractivity contribution in [1.82, 2.24) is 20.6 Å². The van der Waals surface area contributed by atoms with Crippen molar-refractivity contribution < 1.29 is 9.59 Å². The molecule has 0 bridgehead atoms. The molecule has 0 radical (unpaired) electrons. The minimum absolute atomic E-state index is 0.0879. The monoisotopic (exact) mass is 281 g/mol. The van der Waals surface area contributed by atoms with Crippen molar-refractivity contribution >= 4 is 17.6 Å². The molecule has 0 aliphatic heterocycles. The van der Waals surface area contributed by atoms with Crippen LogP contribution < -0.4 is 27.6 Å². The Kier molecular flexibility index (Phi) is 5.66. The molecule has 1 aromatic rings. The zero-order valence-corrected chi connectivity index (χ0v) is 11.4. The first-order valence-corrected chi connectivity index (χ1v) is 6.10. The lowest BCUT2D eigenvalue weighted by molar-refractivity contribution is 0.0949. The summed E-state index contributed by atoms with van der Waals surface area (Å²) in [6, 6.07) is -0.646. The van der Waals surface area contributed by atoms with E-state index in [2.05, 4.69) is 26.0 Å². The van der Waals surface area contributed by atoms with Gasteiger partial charge in [0.1, 0.15) is 5.82 Å². The highest BCUT2D eigenvalue weighted by molar-refractivity contribution is 5.97. The van der Waals surface area contributed by atoms with Crippen LogP contribution in [0.25, 0.3) is 0 Å². The molecule has 1 heterocycles. The van der Waals surface area contributed by atoms with Crippen molar-refractivity contribution in [1.29, 1.82) is 0 Å². The average Bonchev–Trinajstić information content (AvgIpc) is 2.42. The van der Waals surface area contributed by atoms with E-state index in [1.807, 2.05) is 13.8 Å². The van der Waals surface area contributed by atoms with Gasteiger partial charge in [0.05, 0.1) is 11.9 Å². The predicted octanol–water partition coefficient (Wildman–Crippen LogP) is -0.716. The van der Waals surface area contributed by atoms with Crippen molar-refractivity contribution in [2.45, 2.75) is 19.8 Å². The molecule has 0 fully saturated rings. The normalized spacial score (nSPS) is 10.2. The molecule has 1 rings (SSSR count). The van der Waals surface area contributed by atoms with E-state index in [0.29, 0.717) is 11.5 Å². The summed E-state index contributed by atoms with van der Waals surface area (Å²) in [5.74, 6) is 5.55. The van der Waals surface area contributed by atoms with Crippen molar-refractivity contribution in [3.8, 4) is 0 Å². The molecule has 0 atom stereocenters. The van der Waals surface area contributed by atoms with Gasteiger partial charge >= 0.3 is 6.03 Å². The summed E-state index contributed by atoms with van der Waals surface area (Å²) in [7, 11) is 0. The van der Waals surface area contributed by atoms with Crippen LogP contribution in [0.4, 0.5) is 10.5 Å². The number of carbonyl (C=O) groups is 2. The molecule has 9 nitrogen and oxygen atoms in total. The van der Waals surface area contributed by atoms with Gasteiger partial charge < -0.3 is 21.8 Å². The maximum atomic E-state index is 12.0. The molecule has 20 heavy (non-hydrogen) atoms. The van der Waals surface area contributed by atoms with Crippen LogP contribution in [0.2, 0.25) is 0 Å². The third kappa shape index (κ3) is 4.35. The Bertz CT molecular complexity index is 490. The second-order valence-electron chi connectivity index (χ2n) is 4.34. The van der Waals surface area contributed by atoms with E-state index in [1.165, 1.54) is 6.20 Å². The number of nitrogens with zero attached hydrogens (tertiary/aromatic N) is 2. The molecule has 110 valence electrons. The number of anilines is 1. The van der Waals surface area contributed by atoms with Gasteiger partial charge in [0.2, 0.25) is 0 Å². The van der Waals surface area contributed by atoms with Crippen LogP contribution in [-0.4, -0.2) is 35.0 Å². The van der Waals surface area contributed by atoms with E-state index in [-0.39, 0.29) is 24.7 Å². The molecule has 9 heteroatoms. The van der Waals surface area contributed by atoms with Crippen molar-refractivity contribution in [2.75, 3.05) is 18.5 Å². The van der Waals surface area contributed by atoms with Crippen molar-refractivity contribution in [2.24, 2.45) is 11.6 Å². The Labute approximate surface area is 116 Å².